The zero-order chi connectivity index (χ0) is 14.7. The second kappa shape index (κ2) is 6.22. The van der Waals surface area contributed by atoms with Gasteiger partial charge in [0.25, 0.3) is 10.1 Å². The van der Waals surface area contributed by atoms with Gasteiger partial charge in [-0.05, 0) is 25.7 Å². The van der Waals surface area contributed by atoms with E-state index in [2.05, 4.69) is 0 Å². The Morgan fingerprint density at radius 1 is 1.16 bits per heavy atom. The van der Waals surface area contributed by atoms with E-state index in [-0.39, 0.29) is 12.8 Å². The third-order valence-electron chi connectivity index (χ3n) is 3.92. The minimum absolute atomic E-state index is 0.164. The molecule has 0 spiro atoms. The normalized spacial score (nSPS) is 19.6. The maximum absolute atomic E-state index is 12.3. The maximum Gasteiger partial charge on any atom is 0.349 e. The first-order valence-corrected chi connectivity index (χ1v) is 9.70. The van der Waals surface area contributed by atoms with Crippen molar-refractivity contribution in [2.75, 3.05) is 0 Å². The van der Waals surface area contributed by atoms with Crippen molar-refractivity contribution in [1.29, 1.82) is 0 Å². The Labute approximate surface area is 114 Å². The Morgan fingerprint density at radius 3 is 2.00 bits per heavy atom. The first-order valence-electron chi connectivity index (χ1n) is 6.68. The number of hydrogen-bond donors (Lipinski definition) is 2. The van der Waals surface area contributed by atoms with Crippen LogP contribution in [0.15, 0.2) is 0 Å². The average molecular weight is 314 g/mol. The summed E-state index contributed by atoms with van der Waals surface area (Å²) < 4.78 is 39.3. The molecule has 1 rings (SSSR count). The quantitative estimate of drug-likeness (QED) is 0.576. The molecular formula is C11H23O6PS. The van der Waals surface area contributed by atoms with Gasteiger partial charge in [0.05, 0.1) is 6.10 Å². The average Bonchev–Trinajstić information content (AvgIpc) is 2.29. The van der Waals surface area contributed by atoms with Crippen molar-refractivity contribution in [2.24, 2.45) is 0 Å². The Balaban J connectivity index is 3.03. The largest absolute Gasteiger partial charge is 0.349 e. The lowest BCUT2D eigenvalue weighted by Gasteiger charge is -2.33. The van der Waals surface area contributed by atoms with E-state index in [1.165, 1.54) is 13.8 Å². The Hall–Kier alpha value is 0.0600. The molecule has 114 valence electrons. The summed E-state index contributed by atoms with van der Waals surface area (Å²) >= 11 is 0. The fourth-order valence-corrected chi connectivity index (χ4v) is 6.15. The zero-order valence-electron chi connectivity index (χ0n) is 11.4. The van der Waals surface area contributed by atoms with Gasteiger partial charge in [0.15, 0.2) is 4.49 Å². The fourth-order valence-electron chi connectivity index (χ4n) is 2.59. The van der Waals surface area contributed by atoms with Crippen LogP contribution in [-0.2, 0) is 18.9 Å². The van der Waals surface area contributed by atoms with Gasteiger partial charge in [-0.15, -0.1) is 0 Å². The fraction of sp³-hybridized carbons (Fsp3) is 1.00. The summed E-state index contributed by atoms with van der Waals surface area (Å²) in [6.45, 7) is 2.93. The summed E-state index contributed by atoms with van der Waals surface area (Å²) in [5.74, 6) is 0. The molecule has 0 amide bonds. The molecule has 2 N–H and O–H groups in total. The van der Waals surface area contributed by atoms with E-state index in [9.17, 15) is 22.8 Å². The number of hydrogen-bond acceptors (Lipinski definition) is 4. The summed E-state index contributed by atoms with van der Waals surface area (Å²) in [5, 5.41) is 0. The van der Waals surface area contributed by atoms with Crippen molar-refractivity contribution in [3.05, 3.63) is 0 Å². The van der Waals surface area contributed by atoms with E-state index in [4.69, 9.17) is 4.18 Å². The Morgan fingerprint density at radius 2 is 1.63 bits per heavy atom. The van der Waals surface area contributed by atoms with Crippen LogP contribution < -0.4 is 0 Å². The predicted molar refractivity (Wildman–Crippen MR) is 72.2 cm³/mol. The van der Waals surface area contributed by atoms with E-state index >= 15 is 0 Å². The van der Waals surface area contributed by atoms with Crippen LogP contribution >= 0.6 is 7.60 Å². The van der Waals surface area contributed by atoms with Crippen LogP contribution in [0.25, 0.3) is 0 Å². The van der Waals surface area contributed by atoms with Crippen LogP contribution in [0, 0.1) is 0 Å². The minimum atomic E-state index is -4.81. The first kappa shape index (κ1) is 17.1. The lowest BCUT2D eigenvalue weighted by molar-refractivity contribution is 0.156. The van der Waals surface area contributed by atoms with Gasteiger partial charge >= 0.3 is 7.60 Å². The van der Waals surface area contributed by atoms with E-state index < -0.39 is 28.3 Å². The second-order valence-electron chi connectivity index (χ2n) is 5.01. The lowest BCUT2D eigenvalue weighted by Crippen LogP contribution is -2.40. The van der Waals surface area contributed by atoms with Crippen LogP contribution in [0.4, 0.5) is 0 Å². The molecule has 6 nitrogen and oxygen atoms in total. The van der Waals surface area contributed by atoms with Crippen LogP contribution in [0.5, 0.6) is 0 Å². The van der Waals surface area contributed by atoms with Crippen molar-refractivity contribution < 1.29 is 27.0 Å². The van der Waals surface area contributed by atoms with Crippen molar-refractivity contribution in [2.45, 2.75) is 69.4 Å². The monoisotopic (exact) mass is 314 g/mol. The highest BCUT2D eigenvalue weighted by Crippen LogP contribution is 2.58. The standard InChI is InChI=1S/C11H23O6PS/c1-3-11(4-2,18(12,13)14)19(15,16)17-10-8-6-5-7-9-10/h10H,3-9H2,1-2H3,(H2,12,13,14). The van der Waals surface area contributed by atoms with Gasteiger partial charge in [0, 0.05) is 0 Å². The molecule has 0 aromatic carbocycles. The van der Waals surface area contributed by atoms with Gasteiger partial charge < -0.3 is 9.79 Å². The van der Waals surface area contributed by atoms with Gasteiger partial charge in [0.2, 0.25) is 0 Å². The molecule has 1 saturated carbocycles. The van der Waals surface area contributed by atoms with Crippen molar-refractivity contribution in [1.82, 2.24) is 0 Å². The minimum Gasteiger partial charge on any atom is -0.323 e. The second-order valence-corrected chi connectivity index (χ2v) is 9.14. The molecule has 0 atom stereocenters. The van der Waals surface area contributed by atoms with E-state index in [1.54, 1.807) is 0 Å². The summed E-state index contributed by atoms with van der Waals surface area (Å²) in [4.78, 5) is 18.9. The third kappa shape index (κ3) is 3.39. The van der Waals surface area contributed by atoms with Crippen LogP contribution in [0.3, 0.4) is 0 Å². The van der Waals surface area contributed by atoms with Crippen molar-refractivity contribution >= 4 is 17.7 Å². The molecule has 0 aliphatic heterocycles. The van der Waals surface area contributed by atoms with Crippen LogP contribution in [0.1, 0.15) is 58.8 Å². The molecule has 0 aromatic rings. The number of rotatable bonds is 6. The van der Waals surface area contributed by atoms with Crippen molar-refractivity contribution in [3.63, 3.8) is 0 Å². The predicted octanol–water partition coefficient (Wildman–Crippen LogP) is 2.36. The highest BCUT2D eigenvalue weighted by Gasteiger charge is 2.56. The molecule has 0 unspecified atom stereocenters. The summed E-state index contributed by atoms with van der Waals surface area (Å²) in [6.07, 6.45) is 3.32. The van der Waals surface area contributed by atoms with Gasteiger partial charge in [0.1, 0.15) is 0 Å². The molecule has 8 heteroatoms. The maximum atomic E-state index is 12.3. The summed E-state index contributed by atoms with van der Waals surface area (Å²) in [7, 11) is -9.11. The molecule has 0 bridgehead atoms. The third-order valence-corrected chi connectivity index (χ3v) is 9.03. The molecule has 0 radical (unpaired) electrons. The smallest absolute Gasteiger partial charge is 0.323 e. The van der Waals surface area contributed by atoms with Gasteiger partial charge in [-0.1, -0.05) is 33.1 Å². The molecule has 0 aromatic heterocycles. The summed E-state index contributed by atoms with van der Waals surface area (Å²) in [5.41, 5.74) is 0. The lowest BCUT2D eigenvalue weighted by atomic mass is 9.98. The van der Waals surface area contributed by atoms with Crippen LogP contribution in [0.2, 0.25) is 0 Å². The SMILES string of the molecule is CCC(CC)(P(=O)(O)O)S(=O)(=O)OC1CCCCC1. The first-order chi connectivity index (χ1) is 8.70. The molecule has 0 saturated heterocycles. The van der Waals surface area contributed by atoms with Crippen LogP contribution in [-0.4, -0.2) is 28.8 Å². The molecule has 1 aliphatic carbocycles. The zero-order valence-corrected chi connectivity index (χ0v) is 13.1. The summed E-state index contributed by atoms with van der Waals surface area (Å²) in [6, 6.07) is 0. The van der Waals surface area contributed by atoms with Gasteiger partial charge in [-0.3, -0.25) is 8.75 Å². The van der Waals surface area contributed by atoms with E-state index in [0.29, 0.717) is 12.8 Å². The van der Waals surface area contributed by atoms with E-state index in [1.807, 2.05) is 0 Å². The Kier molecular flexibility index (Phi) is 5.61. The molecule has 1 aliphatic rings. The van der Waals surface area contributed by atoms with E-state index in [0.717, 1.165) is 19.3 Å². The Bertz CT molecular complexity index is 430. The van der Waals surface area contributed by atoms with Crippen molar-refractivity contribution in [3.8, 4) is 0 Å². The molecule has 19 heavy (non-hydrogen) atoms. The van der Waals surface area contributed by atoms with Gasteiger partial charge in [-0.25, -0.2) is 0 Å². The molecule has 1 fully saturated rings. The molecular weight excluding hydrogens is 291 g/mol. The van der Waals surface area contributed by atoms with Gasteiger partial charge in [-0.2, -0.15) is 8.42 Å². The topological polar surface area (TPSA) is 101 Å². The highest BCUT2D eigenvalue weighted by molar-refractivity contribution is 7.95. The molecule has 0 heterocycles. The highest BCUT2D eigenvalue weighted by atomic mass is 32.2.